The summed E-state index contributed by atoms with van der Waals surface area (Å²) in [4.78, 5) is 36.9. The van der Waals surface area contributed by atoms with Crippen LogP contribution >= 0.6 is 0 Å². The molecule has 9 heteroatoms. The van der Waals surface area contributed by atoms with Crippen LogP contribution in [0, 0.1) is 11.3 Å². The monoisotopic (exact) mass is 481 g/mol. The van der Waals surface area contributed by atoms with Gasteiger partial charge in [-0.2, -0.15) is 0 Å². The van der Waals surface area contributed by atoms with Crippen molar-refractivity contribution in [3.63, 3.8) is 0 Å². The Morgan fingerprint density at radius 3 is 2.34 bits per heavy atom. The molecule has 9 nitrogen and oxygen atoms in total. The van der Waals surface area contributed by atoms with Crippen LogP contribution in [-0.4, -0.2) is 53.5 Å². The summed E-state index contributed by atoms with van der Waals surface area (Å²) in [6, 6.07) is 16.1. The van der Waals surface area contributed by atoms with Gasteiger partial charge in [0.05, 0.1) is 12.5 Å². The number of benzene rings is 2. The summed E-state index contributed by atoms with van der Waals surface area (Å²) in [6.07, 6.45) is 2.16. The highest BCUT2D eigenvalue weighted by Gasteiger charge is 2.26. The van der Waals surface area contributed by atoms with Crippen molar-refractivity contribution in [2.45, 2.75) is 38.7 Å². The number of hydrogen-bond donors (Lipinski definition) is 3. The molecule has 0 saturated carbocycles. The Kier molecular flexibility index (Phi) is 9.65. The van der Waals surface area contributed by atoms with Crippen LogP contribution in [0.3, 0.4) is 0 Å². The van der Waals surface area contributed by atoms with Crippen molar-refractivity contribution in [2.24, 2.45) is 5.92 Å². The van der Waals surface area contributed by atoms with Gasteiger partial charge in [0.25, 0.3) is 0 Å². The summed E-state index contributed by atoms with van der Waals surface area (Å²) in [6.45, 7) is 1.59. The molecule has 1 fully saturated rings. The minimum atomic E-state index is -0.781. The fourth-order valence-electron chi connectivity index (χ4n) is 3.75. The van der Waals surface area contributed by atoms with Gasteiger partial charge in [0.1, 0.15) is 18.2 Å². The van der Waals surface area contributed by atoms with E-state index in [0.29, 0.717) is 63.1 Å². The van der Waals surface area contributed by atoms with Crippen LogP contribution in [0.4, 0.5) is 4.79 Å². The third-order valence-corrected chi connectivity index (χ3v) is 5.83. The number of amidine groups is 1. The maximum absolute atomic E-state index is 12.3. The Bertz CT molecular complexity index is 1000. The van der Waals surface area contributed by atoms with E-state index >= 15 is 0 Å². The van der Waals surface area contributed by atoms with E-state index in [0.717, 1.165) is 5.56 Å². The third-order valence-electron chi connectivity index (χ3n) is 5.83. The Morgan fingerprint density at radius 1 is 1.00 bits per heavy atom. The fraction of sp³-hybridized carbons (Fsp3) is 0.385. The number of carboxylic acids is 1. The highest BCUT2D eigenvalue weighted by Crippen LogP contribution is 2.18. The molecular weight excluding hydrogens is 450 g/mol. The molecule has 2 aromatic carbocycles. The number of unbranched alkanes of at least 4 members (excludes halogenated alkanes) is 1. The summed E-state index contributed by atoms with van der Waals surface area (Å²) >= 11 is 0. The summed E-state index contributed by atoms with van der Waals surface area (Å²) < 4.78 is 10.8. The Labute approximate surface area is 204 Å². The third kappa shape index (κ3) is 8.44. The van der Waals surface area contributed by atoms with Crippen LogP contribution in [0.25, 0.3) is 0 Å². The lowest BCUT2D eigenvalue weighted by molar-refractivity contribution is -0.145. The van der Waals surface area contributed by atoms with E-state index in [1.165, 1.54) is 0 Å². The average molecular weight is 482 g/mol. The van der Waals surface area contributed by atoms with Gasteiger partial charge in [-0.05, 0) is 55.5 Å². The lowest BCUT2D eigenvalue weighted by Gasteiger charge is -2.30. The number of amides is 2. The minimum absolute atomic E-state index is 0.0616. The molecule has 1 aliphatic rings. The van der Waals surface area contributed by atoms with Crippen molar-refractivity contribution in [3.05, 3.63) is 65.7 Å². The molecule has 1 heterocycles. The number of nitrogens with zero attached hydrogens (tertiary/aromatic N) is 1. The normalized spacial score (nSPS) is 13.7. The Balaban J connectivity index is 1.30. The van der Waals surface area contributed by atoms with E-state index in [4.69, 9.17) is 20.0 Å². The predicted octanol–water partition coefficient (Wildman–Crippen LogP) is 3.81. The number of carboxylic acid groups (broad SMARTS) is 1. The zero-order valence-electron chi connectivity index (χ0n) is 19.6. The van der Waals surface area contributed by atoms with Gasteiger partial charge in [-0.1, -0.05) is 30.3 Å². The Hall–Kier alpha value is -3.88. The predicted molar refractivity (Wildman–Crippen MR) is 129 cm³/mol. The van der Waals surface area contributed by atoms with E-state index in [9.17, 15) is 14.4 Å². The molecule has 3 rings (SSSR count). The lowest BCUT2D eigenvalue weighted by Crippen LogP contribution is -2.40. The van der Waals surface area contributed by atoms with Crippen LogP contribution in [0.2, 0.25) is 0 Å². The average Bonchev–Trinajstić information content (AvgIpc) is 2.88. The molecule has 2 amide bonds. The molecule has 35 heavy (non-hydrogen) atoms. The number of nitrogens with one attached hydrogen (secondary N) is 2. The highest BCUT2D eigenvalue weighted by molar-refractivity contribution is 6.04. The number of likely N-dealkylation sites (tertiary alicyclic amines) is 1. The SMILES string of the molecule is N=C(NC(=O)OCc1ccccc1)c1ccc(OCCCCC(=O)N2CCC(C(=O)O)CC2)cc1. The van der Waals surface area contributed by atoms with Crippen molar-refractivity contribution in [1.29, 1.82) is 5.41 Å². The van der Waals surface area contributed by atoms with Gasteiger partial charge in [-0.25, -0.2) is 4.79 Å². The van der Waals surface area contributed by atoms with Crippen LogP contribution in [0.1, 0.15) is 43.2 Å². The molecule has 1 saturated heterocycles. The maximum Gasteiger partial charge on any atom is 0.413 e. The zero-order chi connectivity index (χ0) is 25.0. The highest BCUT2D eigenvalue weighted by atomic mass is 16.5. The molecule has 0 bridgehead atoms. The number of hydrogen-bond acceptors (Lipinski definition) is 6. The molecule has 0 unspecified atom stereocenters. The molecule has 3 N–H and O–H groups in total. The second kappa shape index (κ2) is 13.1. The first-order valence-electron chi connectivity index (χ1n) is 11.7. The Morgan fingerprint density at radius 2 is 1.69 bits per heavy atom. The quantitative estimate of drug-likeness (QED) is 0.269. The van der Waals surface area contributed by atoms with E-state index in [1.54, 1.807) is 29.2 Å². The van der Waals surface area contributed by atoms with Gasteiger partial charge >= 0.3 is 12.1 Å². The smallest absolute Gasteiger partial charge is 0.413 e. The van der Waals surface area contributed by atoms with Gasteiger partial charge in [0.2, 0.25) is 5.91 Å². The summed E-state index contributed by atoms with van der Waals surface area (Å²) in [5.74, 6) is -0.495. The van der Waals surface area contributed by atoms with Gasteiger partial charge in [-0.3, -0.25) is 20.3 Å². The molecule has 0 spiro atoms. The summed E-state index contributed by atoms with van der Waals surface area (Å²) in [5.41, 5.74) is 1.38. The first kappa shape index (κ1) is 25.7. The number of alkyl carbamates (subject to hydrolysis) is 1. The van der Waals surface area contributed by atoms with Crippen molar-refractivity contribution in [2.75, 3.05) is 19.7 Å². The van der Waals surface area contributed by atoms with Gasteiger partial charge in [-0.15, -0.1) is 0 Å². The van der Waals surface area contributed by atoms with Gasteiger partial charge < -0.3 is 19.5 Å². The lowest BCUT2D eigenvalue weighted by atomic mass is 9.97. The molecule has 0 aliphatic carbocycles. The molecule has 1 aliphatic heterocycles. The molecule has 2 aromatic rings. The van der Waals surface area contributed by atoms with Gasteiger partial charge in [0, 0.05) is 25.1 Å². The van der Waals surface area contributed by atoms with E-state index in [1.807, 2.05) is 30.3 Å². The largest absolute Gasteiger partial charge is 0.494 e. The van der Waals surface area contributed by atoms with Crippen molar-refractivity contribution in [1.82, 2.24) is 10.2 Å². The second-order valence-corrected chi connectivity index (χ2v) is 8.38. The number of aliphatic carboxylic acids is 1. The summed E-state index contributed by atoms with van der Waals surface area (Å²) in [7, 11) is 0. The molecule has 186 valence electrons. The maximum atomic E-state index is 12.3. The van der Waals surface area contributed by atoms with Crippen LogP contribution < -0.4 is 10.1 Å². The van der Waals surface area contributed by atoms with E-state index < -0.39 is 12.1 Å². The minimum Gasteiger partial charge on any atom is -0.494 e. The molecule has 0 aromatic heterocycles. The fourth-order valence-corrected chi connectivity index (χ4v) is 3.75. The number of piperidine rings is 1. The standard InChI is InChI=1S/C26H31N3O6/c27-24(28-26(33)35-18-19-6-2-1-3-7-19)20-9-11-22(12-10-20)34-17-5-4-8-23(30)29-15-13-21(14-16-29)25(31)32/h1-3,6-7,9-12,21H,4-5,8,13-18H2,(H,31,32)(H2,27,28,33). The number of ether oxygens (including phenoxy) is 2. The molecule has 0 atom stereocenters. The van der Waals surface area contributed by atoms with Crippen molar-refractivity contribution in [3.8, 4) is 5.75 Å². The summed E-state index contributed by atoms with van der Waals surface area (Å²) in [5, 5.41) is 19.5. The molecule has 0 radical (unpaired) electrons. The van der Waals surface area contributed by atoms with Crippen LogP contribution in [-0.2, 0) is 20.9 Å². The van der Waals surface area contributed by atoms with Gasteiger partial charge in [0.15, 0.2) is 0 Å². The van der Waals surface area contributed by atoms with E-state index in [2.05, 4.69) is 5.32 Å². The number of carbonyl (C=O) groups excluding carboxylic acids is 2. The van der Waals surface area contributed by atoms with Crippen molar-refractivity contribution >= 4 is 23.8 Å². The number of rotatable bonds is 10. The van der Waals surface area contributed by atoms with Crippen molar-refractivity contribution < 1.29 is 29.0 Å². The first-order valence-corrected chi connectivity index (χ1v) is 11.7. The number of carbonyl (C=O) groups is 3. The zero-order valence-corrected chi connectivity index (χ0v) is 19.6. The molecular formula is C26H31N3O6. The van der Waals surface area contributed by atoms with E-state index in [-0.39, 0.29) is 24.3 Å². The topological polar surface area (TPSA) is 129 Å². The van der Waals surface area contributed by atoms with Crippen LogP contribution in [0.15, 0.2) is 54.6 Å². The first-order chi connectivity index (χ1) is 16.9. The van der Waals surface area contributed by atoms with Crippen LogP contribution in [0.5, 0.6) is 5.75 Å². The second-order valence-electron chi connectivity index (χ2n) is 8.38.